The standard InChI is InChI=1S/C20H25N3O4S/c1-4-5-14-21-20(25)17-8-6-7-9-18(17)22-19(24)15-10-12-16(13-11-15)23(2)28(3,26)27/h6-13H,4-5,14H2,1-3H3,(H,21,25)(H,22,24). The number of sulfonamides is 1. The van der Waals surface area contributed by atoms with Gasteiger partial charge in [-0.15, -0.1) is 0 Å². The summed E-state index contributed by atoms with van der Waals surface area (Å²) in [5.74, 6) is -0.628. The van der Waals surface area contributed by atoms with Gasteiger partial charge in [-0.05, 0) is 42.8 Å². The Morgan fingerprint density at radius 3 is 2.25 bits per heavy atom. The fraction of sp³-hybridized carbons (Fsp3) is 0.300. The molecular weight excluding hydrogens is 378 g/mol. The van der Waals surface area contributed by atoms with Crippen molar-refractivity contribution in [1.82, 2.24) is 5.32 Å². The van der Waals surface area contributed by atoms with E-state index in [0.717, 1.165) is 23.4 Å². The molecule has 0 saturated heterocycles. The van der Waals surface area contributed by atoms with Crippen molar-refractivity contribution in [3.05, 3.63) is 59.7 Å². The molecule has 2 aromatic rings. The average molecular weight is 404 g/mol. The summed E-state index contributed by atoms with van der Waals surface area (Å²) >= 11 is 0. The van der Waals surface area contributed by atoms with Crippen LogP contribution in [0.1, 0.15) is 40.5 Å². The second-order valence-electron chi connectivity index (χ2n) is 6.39. The maximum absolute atomic E-state index is 12.6. The molecule has 0 bridgehead atoms. The van der Waals surface area contributed by atoms with Gasteiger partial charge in [0, 0.05) is 19.2 Å². The average Bonchev–Trinajstić information content (AvgIpc) is 2.67. The molecule has 2 N–H and O–H groups in total. The largest absolute Gasteiger partial charge is 0.352 e. The fourth-order valence-corrected chi connectivity index (χ4v) is 2.98. The second-order valence-corrected chi connectivity index (χ2v) is 8.40. The minimum Gasteiger partial charge on any atom is -0.352 e. The van der Waals surface area contributed by atoms with Gasteiger partial charge in [0.05, 0.1) is 23.2 Å². The highest BCUT2D eigenvalue weighted by Gasteiger charge is 2.15. The summed E-state index contributed by atoms with van der Waals surface area (Å²) in [4.78, 5) is 24.9. The lowest BCUT2D eigenvalue weighted by atomic mass is 10.1. The number of amides is 2. The molecule has 0 unspecified atom stereocenters. The van der Waals surface area contributed by atoms with E-state index < -0.39 is 10.0 Å². The summed E-state index contributed by atoms with van der Waals surface area (Å²) in [6, 6.07) is 13.0. The molecule has 0 spiro atoms. The van der Waals surface area contributed by atoms with Crippen molar-refractivity contribution in [3.8, 4) is 0 Å². The van der Waals surface area contributed by atoms with Crippen LogP contribution in [0.2, 0.25) is 0 Å². The predicted molar refractivity (Wildman–Crippen MR) is 111 cm³/mol. The van der Waals surface area contributed by atoms with E-state index in [1.54, 1.807) is 36.4 Å². The van der Waals surface area contributed by atoms with Crippen LogP contribution < -0.4 is 14.9 Å². The summed E-state index contributed by atoms with van der Waals surface area (Å²) < 4.78 is 24.3. The zero-order valence-corrected chi connectivity index (χ0v) is 17.0. The first-order valence-electron chi connectivity index (χ1n) is 8.96. The lowest BCUT2D eigenvalue weighted by Gasteiger charge is -2.17. The number of nitrogens with one attached hydrogen (secondary N) is 2. The number of hydrogen-bond donors (Lipinski definition) is 2. The van der Waals surface area contributed by atoms with E-state index in [4.69, 9.17) is 0 Å². The molecule has 0 heterocycles. The molecule has 2 amide bonds. The van der Waals surface area contributed by atoms with Gasteiger partial charge in [0.25, 0.3) is 11.8 Å². The van der Waals surface area contributed by atoms with Gasteiger partial charge < -0.3 is 10.6 Å². The van der Waals surface area contributed by atoms with E-state index in [0.29, 0.717) is 29.0 Å². The minimum absolute atomic E-state index is 0.241. The van der Waals surface area contributed by atoms with Crippen molar-refractivity contribution >= 4 is 33.2 Å². The van der Waals surface area contributed by atoms with Gasteiger partial charge in [0.2, 0.25) is 10.0 Å². The molecule has 150 valence electrons. The quantitative estimate of drug-likeness (QED) is 0.663. The molecule has 0 radical (unpaired) electrons. The lowest BCUT2D eigenvalue weighted by molar-refractivity contribution is 0.0954. The molecule has 28 heavy (non-hydrogen) atoms. The number of anilines is 2. The number of para-hydroxylation sites is 1. The predicted octanol–water partition coefficient (Wildman–Crippen LogP) is 2.86. The molecule has 0 atom stereocenters. The van der Waals surface area contributed by atoms with Gasteiger partial charge >= 0.3 is 0 Å². The molecule has 8 heteroatoms. The van der Waals surface area contributed by atoms with Crippen molar-refractivity contribution in [2.45, 2.75) is 19.8 Å². The third-order valence-electron chi connectivity index (χ3n) is 4.23. The van der Waals surface area contributed by atoms with Crippen LogP contribution in [0.25, 0.3) is 0 Å². The third kappa shape index (κ3) is 5.56. The van der Waals surface area contributed by atoms with E-state index in [9.17, 15) is 18.0 Å². The monoisotopic (exact) mass is 403 g/mol. The van der Waals surface area contributed by atoms with Gasteiger partial charge in [0.15, 0.2) is 0 Å². The lowest BCUT2D eigenvalue weighted by Crippen LogP contribution is -2.26. The van der Waals surface area contributed by atoms with Crippen LogP contribution in [0, 0.1) is 0 Å². The normalized spacial score (nSPS) is 11.0. The molecule has 0 aromatic heterocycles. The summed E-state index contributed by atoms with van der Waals surface area (Å²) in [6.45, 7) is 2.62. The van der Waals surface area contributed by atoms with Crippen LogP contribution in [0.3, 0.4) is 0 Å². The first-order valence-corrected chi connectivity index (χ1v) is 10.8. The van der Waals surface area contributed by atoms with Crippen LogP contribution in [0.5, 0.6) is 0 Å². The Kier molecular flexibility index (Phi) is 7.17. The van der Waals surface area contributed by atoms with Crippen LogP contribution >= 0.6 is 0 Å². The highest BCUT2D eigenvalue weighted by Crippen LogP contribution is 2.19. The molecule has 0 aliphatic rings. The second kappa shape index (κ2) is 9.36. The smallest absolute Gasteiger partial charge is 0.255 e. The molecule has 2 rings (SSSR count). The minimum atomic E-state index is -3.37. The first kappa shape index (κ1) is 21.4. The van der Waals surface area contributed by atoms with Crippen LogP contribution in [-0.2, 0) is 10.0 Å². The van der Waals surface area contributed by atoms with E-state index in [1.165, 1.54) is 19.2 Å². The topological polar surface area (TPSA) is 95.6 Å². The SMILES string of the molecule is CCCCNC(=O)c1ccccc1NC(=O)c1ccc(N(C)S(C)(=O)=O)cc1. The Morgan fingerprint density at radius 2 is 1.64 bits per heavy atom. The van der Waals surface area contributed by atoms with Crippen LogP contribution in [0.4, 0.5) is 11.4 Å². The fourth-order valence-electron chi connectivity index (χ4n) is 2.47. The molecule has 0 fully saturated rings. The number of rotatable bonds is 8. The number of carbonyl (C=O) groups is 2. The summed E-state index contributed by atoms with van der Waals surface area (Å²) in [7, 11) is -1.93. The Labute approximate surface area is 165 Å². The zero-order chi connectivity index (χ0) is 20.7. The maximum atomic E-state index is 12.6. The molecular formula is C20H25N3O4S. The van der Waals surface area contributed by atoms with E-state index >= 15 is 0 Å². The van der Waals surface area contributed by atoms with Crippen molar-refractivity contribution in [2.75, 3.05) is 29.5 Å². The Balaban J connectivity index is 2.14. The van der Waals surface area contributed by atoms with Gasteiger partial charge in [-0.2, -0.15) is 0 Å². The highest BCUT2D eigenvalue weighted by molar-refractivity contribution is 7.92. The molecule has 2 aromatic carbocycles. The van der Waals surface area contributed by atoms with Gasteiger partial charge in [-0.3, -0.25) is 13.9 Å². The summed E-state index contributed by atoms with van der Waals surface area (Å²) in [6.07, 6.45) is 2.97. The van der Waals surface area contributed by atoms with E-state index in [1.807, 2.05) is 6.92 Å². The number of nitrogens with zero attached hydrogens (tertiary/aromatic N) is 1. The maximum Gasteiger partial charge on any atom is 0.255 e. The van der Waals surface area contributed by atoms with Crippen LogP contribution in [-0.4, -0.2) is 40.1 Å². The van der Waals surface area contributed by atoms with Crippen molar-refractivity contribution in [3.63, 3.8) is 0 Å². The zero-order valence-electron chi connectivity index (χ0n) is 16.2. The molecule has 7 nitrogen and oxygen atoms in total. The Bertz CT molecular complexity index is 940. The number of benzene rings is 2. The molecule has 0 saturated carbocycles. The first-order chi connectivity index (χ1) is 13.2. The molecule has 0 aliphatic heterocycles. The van der Waals surface area contributed by atoms with Crippen molar-refractivity contribution in [2.24, 2.45) is 0 Å². The third-order valence-corrected chi connectivity index (χ3v) is 5.43. The Hall–Kier alpha value is -2.87. The number of carbonyl (C=O) groups excluding carboxylic acids is 2. The van der Waals surface area contributed by atoms with Gasteiger partial charge in [0.1, 0.15) is 0 Å². The number of unbranched alkanes of at least 4 members (excludes halogenated alkanes) is 1. The molecule has 0 aliphatic carbocycles. The summed E-state index contributed by atoms with van der Waals surface area (Å²) in [5.41, 5.74) is 1.61. The number of hydrogen-bond acceptors (Lipinski definition) is 4. The van der Waals surface area contributed by atoms with Crippen molar-refractivity contribution in [1.29, 1.82) is 0 Å². The Morgan fingerprint density at radius 1 is 1.00 bits per heavy atom. The van der Waals surface area contributed by atoms with Gasteiger partial charge in [-0.1, -0.05) is 25.5 Å². The highest BCUT2D eigenvalue weighted by atomic mass is 32.2. The summed E-state index contributed by atoms with van der Waals surface area (Å²) in [5, 5.41) is 5.58. The van der Waals surface area contributed by atoms with Gasteiger partial charge in [-0.25, -0.2) is 8.42 Å². The van der Waals surface area contributed by atoms with Crippen LogP contribution in [0.15, 0.2) is 48.5 Å². The van der Waals surface area contributed by atoms with Crippen molar-refractivity contribution < 1.29 is 18.0 Å². The van der Waals surface area contributed by atoms with E-state index in [2.05, 4.69) is 10.6 Å². The van der Waals surface area contributed by atoms with E-state index in [-0.39, 0.29) is 11.8 Å².